The molecule has 5 heterocycles. The van der Waals surface area contributed by atoms with Gasteiger partial charge in [-0.3, -0.25) is 9.59 Å². The molecule has 0 fully saturated rings. The largest absolute Gasteiger partial charge is 0.453 e. The lowest BCUT2D eigenvalue weighted by molar-refractivity contribution is -0.285. The molecule has 0 spiro atoms. The summed E-state index contributed by atoms with van der Waals surface area (Å²) < 4.78 is 79.7. The maximum Gasteiger partial charge on any atom is 0.453 e. The molecule has 0 bridgehead atoms. The number of carbonyl (C=O) groups is 2. The highest BCUT2D eigenvalue weighted by atomic mass is 19.4. The molecule has 0 radical (unpaired) electrons. The highest BCUT2D eigenvalue weighted by Crippen LogP contribution is 2.54. The molecule has 2 aliphatic rings. The average Bonchev–Trinajstić information content (AvgIpc) is 3.25. The molecule has 5 rings (SSSR count). The van der Waals surface area contributed by atoms with Crippen LogP contribution in [-0.4, -0.2) is 48.6 Å². The molecule has 3 aromatic rings. The Morgan fingerprint density at radius 1 is 1.00 bits per heavy atom. The number of alkyl halides is 5. The Labute approximate surface area is 198 Å². The van der Waals surface area contributed by atoms with Crippen LogP contribution in [0.2, 0.25) is 0 Å². The second kappa shape index (κ2) is 7.13. The van der Waals surface area contributed by atoms with Crippen molar-refractivity contribution in [2.24, 2.45) is 5.41 Å². The number of pyridine rings is 1. The predicted octanol–water partition coefficient (Wildman–Crippen LogP) is 3.80. The number of nitrogens with zero attached hydrogens (tertiary/aromatic N) is 5. The minimum absolute atomic E-state index is 0.00385. The molecule has 1 atom stereocenters. The Hall–Kier alpha value is -3.78. The fourth-order valence-electron chi connectivity index (χ4n) is 4.40. The predicted molar refractivity (Wildman–Crippen MR) is 113 cm³/mol. The quantitative estimate of drug-likeness (QED) is 0.513. The third kappa shape index (κ3) is 3.10. The van der Waals surface area contributed by atoms with Crippen LogP contribution in [0.25, 0.3) is 22.6 Å². The first-order chi connectivity index (χ1) is 16.6. The first-order valence-corrected chi connectivity index (χ1v) is 10.6. The van der Waals surface area contributed by atoms with Crippen molar-refractivity contribution in [3.8, 4) is 11.5 Å². The van der Waals surface area contributed by atoms with E-state index in [1.807, 2.05) is 0 Å². The molecule has 0 saturated carbocycles. The number of amides is 2. The topological polar surface area (TPSA) is 115 Å². The molecular formula is C21H17F6N7O2. The summed E-state index contributed by atoms with van der Waals surface area (Å²) in [6.07, 6.45) is -6.64. The summed E-state index contributed by atoms with van der Waals surface area (Å²) >= 11 is 0. The number of fused-ring (bicyclic) bond motifs is 1. The van der Waals surface area contributed by atoms with Crippen molar-refractivity contribution in [3.05, 3.63) is 23.6 Å². The van der Waals surface area contributed by atoms with Crippen LogP contribution in [0.4, 0.5) is 38.0 Å². The highest BCUT2D eigenvalue weighted by molar-refractivity contribution is 6.15. The summed E-state index contributed by atoms with van der Waals surface area (Å²) in [4.78, 5) is 38.1. The maximum atomic E-state index is 14.0. The van der Waals surface area contributed by atoms with Crippen LogP contribution >= 0.6 is 0 Å². The normalized spacial score (nSPS) is 20.9. The molecule has 0 unspecified atom stereocenters. The van der Waals surface area contributed by atoms with Gasteiger partial charge in [-0.25, -0.2) is 24.0 Å². The summed E-state index contributed by atoms with van der Waals surface area (Å²) in [6, 6.07) is 0.954. The highest BCUT2D eigenvalue weighted by Gasteiger charge is 2.62. The smallest absolute Gasteiger partial charge is 0.310 e. The molecule has 0 aromatic carbocycles. The van der Waals surface area contributed by atoms with Crippen LogP contribution < -0.4 is 10.6 Å². The maximum absolute atomic E-state index is 14.0. The fraction of sp³-hybridized carbons (Fsp3) is 0.429. The van der Waals surface area contributed by atoms with Crippen molar-refractivity contribution in [2.45, 2.75) is 51.3 Å². The Morgan fingerprint density at radius 2 is 1.61 bits per heavy atom. The van der Waals surface area contributed by atoms with Crippen molar-refractivity contribution >= 4 is 34.5 Å². The molecule has 190 valence electrons. The SMILES string of the molecule is CC1(C)C(=O)Nc2nc(-c3nn(CCC(F)(F)C(F)(F)F)c4ncc(F)cc34)nc3c2[C@@]1(C)C(=O)N3. The minimum Gasteiger partial charge on any atom is -0.310 e. The van der Waals surface area contributed by atoms with Gasteiger partial charge in [0, 0.05) is 13.0 Å². The molecule has 2 N–H and O–H groups in total. The minimum atomic E-state index is -5.76. The second-order valence-electron chi connectivity index (χ2n) is 9.33. The average molecular weight is 513 g/mol. The monoisotopic (exact) mass is 513 g/mol. The molecule has 3 aromatic heterocycles. The number of hydrogen-bond donors (Lipinski definition) is 2. The fourth-order valence-corrected chi connectivity index (χ4v) is 4.40. The number of rotatable bonds is 4. The van der Waals surface area contributed by atoms with E-state index >= 15 is 0 Å². The Balaban J connectivity index is 1.65. The van der Waals surface area contributed by atoms with E-state index in [9.17, 15) is 35.9 Å². The number of aromatic nitrogens is 5. The van der Waals surface area contributed by atoms with Crippen molar-refractivity contribution in [3.63, 3.8) is 0 Å². The van der Waals surface area contributed by atoms with E-state index in [-0.39, 0.29) is 34.2 Å². The van der Waals surface area contributed by atoms with E-state index in [0.29, 0.717) is 5.56 Å². The number of hydrogen-bond acceptors (Lipinski definition) is 6. The molecule has 2 amide bonds. The Kier molecular flexibility index (Phi) is 4.74. The summed E-state index contributed by atoms with van der Waals surface area (Å²) in [5.41, 5.74) is -2.50. The zero-order chi connectivity index (χ0) is 26.4. The molecular weight excluding hydrogens is 496 g/mol. The number of nitrogens with one attached hydrogen (secondary N) is 2. The van der Waals surface area contributed by atoms with Gasteiger partial charge in [-0.2, -0.15) is 27.1 Å². The van der Waals surface area contributed by atoms with Crippen molar-refractivity contribution < 1.29 is 35.9 Å². The van der Waals surface area contributed by atoms with Gasteiger partial charge in [0.2, 0.25) is 11.8 Å². The molecule has 36 heavy (non-hydrogen) atoms. The first-order valence-electron chi connectivity index (χ1n) is 10.6. The van der Waals surface area contributed by atoms with E-state index in [1.165, 1.54) is 0 Å². The van der Waals surface area contributed by atoms with Gasteiger partial charge < -0.3 is 10.6 Å². The molecule has 15 heteroatoms. The number of aryl methyl sites for hydroxylation is 1. The Morgan fingerprint density at radius 3 is 2.22 bits per heavy atom. The zero-order valence-electron chi connectivity index (χ0n) is 18.9. The zero-order valence-corrected chi connectivity index (χ0v) is 18.9. The molecule has 9 nitrogen and oxygen atoms in total. The standard InChI is InChI=1S/C21H17F6N7O2/c1-18(2)16(35)31-12-10-13(32-17(36)19(10,18)3)30-14(29-12)11-9-6-8(22)7-28-15(9)34(33-11)5-4-20(23,24)21(25,26)27/h6-7H,4-5H2,1-3H3,(H2,29,30,31,32,35,36)/t19-/m0/s1. The van der Waals surface area contributed by atoms with E-state index < -0.39 is 53.5 Å². The van der Waals surface area contributed by atoms with Crippen LogP contribution in [0, 0.1) is 11.2 Å². The third-order valence-corrected chi connectivity index (χ3v) is 6.96. The van der Waals surface area contributed by atoms with Gasteiger partial charge in [-0.05, 0) is 26.8 Å². The Bertz CT molecular complexity index is 1470. The summed E-state index contributed by atoms with van der Waals surface area (Å²) in [5, 5.41) is 9.20. The second-order valence-corrected chi connectivity index (χ2v) is 9.33. The third-order valence-electron chi connectivity index (χ3n) is 6.96. The number of halogens is 6. The summed E-state index contributed by atoms with van der Waals surface area (Å²) in [6.45, 7) is 3.85. The van der Waals surface area contributed by atoms with Gasteiger partial charge in [-0.1, -0.05) is 0 Å². The molecule has 2 aliphatic heterocycles. The van der Waals surface area contributed by atoms with E-state index in [0.717, 1.165) is 16.9 Å². The van der Waals surface area contributed by atoms with E-state index in [4.69, 9.17) is 0 Å². The van der Waals surface area contributed by atoms with Crippen LogP contribution in [0.1, 0.15) is 32.8 Å². The van der Waals surface area contributed by atoms with E-state index in [1.54, 1.807) is 20.8 Å². The van der Waals surface area contributed by atoms with Crippen LogP contribution in [0.3, 0.4) is 0 Å². The van der Waals surface area contributed by atoms with Gasteiger partial charge in [0.15, 0.2) is 11.5 Å². The number of carbonyl (C=O) groups excluding carboxylic acids is 2. The lowest BCUT2D eigenvalue weighted by Crippen LogP contribution is -2.54. The lowest BCUT2D eigenvalue weighted by atomic mass is 9.61. The van der Waals surface area contributed by atoms with Gasteiger partial charge in [-0.15, -0.1) is 0 Å². The van der Waals surface area contributed by atoms with Gasteiger partial charge in [0.25, 0.3) is 0 Å². The first kappa shape index (κ1) is 23.9. The van der Waals surface area contributed by atoms with Crippen molar-refractivity contribution in [1.29, 1.82) is 0 Å². The van der Waals surface area contributed by atoms with Crippen LogP contribution in [0.5, 0.6) is 0 Å². The van der Waals surface area contributed by atoms with Gasteiger partial charge in [0.05, 0.1) is 28.0 Å². The number of anilines is 2. The van der Waals surface area contributed by atoms with Crippen LogP contribution in [-0.2, 0) is 21.5 Å². The van der Waals surface area contributed by atoms with E-state index in [2.05, 4.69) is 30.7 Å². The lowest BCUT2D eigenvalue weighted by Gasteiger charge is -2.42. The summed E-state index contributed by atoms with van der Waals surface area (Å²) in [7, 11) is 0. The molecule has 0 saturated heterocycles. The molecule has 0 aliphatic carbocycles. The van der Waals surface area contributed by atoms with Gasteiger partial charge >= 0.3 is 12.1 Å². The van der Waals surface area contributed by atoms with Crippen LogP contribution in [0.15, 0.2) is 12.3 Å². The van der Waals surface area contributed by atoms with Crippen molar-refractivity contribution in [2.75, 3.05) is 10.6 Å². The summed E-state index contributed by atoms with van der Waals surface area (Å²) in [5.74, 6) is -6.99. The van der Waals surface area contributed by atoms with Crippen molar-refractivity contribution in [1.82, 2.24) is 24.7 Å². The van der Waals surface area contributed by atoms with Gasteiger partial charge in [0.1, 0.15) is 23.1 Å².